The van der Waals surface area contributed by atoms with Gasteiger partial charge in [0.2, 0.25) is 0 Å². The van der Waals surface area contributed by atoms with Crippen LogP contribution in [-0.4, -0.2) is 15.6 Å². The molecule has 5 heteroatoms. The summed E-state index contributed by atoms with van der Waals surface area (Å²) in [5.41, 5.74) is 1.15. The zero-order chi connectivity index (χ0) is 13.1. The van der Waals surface area contributed by atoms with E-state index in [9.17, 15) is 9.59 Å². The normalized spacial score (nSPS) is 10.5. The van der Waals surface area contributed by atoms with Gasteiger partial charge in [-0.1, -0.05) is 6.92 Å². The Balaban J connectivity index is 2.37. The Morgan fingerprint density at radius 1 is 1.39 bits per heavy atom. The monoisotopic (exact) mass is 263 g/mol. The Morgan fingerprint density at radius 2 is 2.17 bits per heavy atom. The van der Waals surface area contributed by atoms with Crippen molar-refractivity contribution in [3.8, 4) is 0 Å². The van der Waals surface area contributed by atoms with Crippen molar-refractivity contribution in [3.05, 3.63) is 56.1 Å². The van der Waals surface area contributed by atoms with Crippen LogP contribution in [0.3, 0.4) is 0 Å². The van der Waals surface area contributed by atoms with Crippen LogP contribution < -0.4 is 5.56 Å². The van der Waals surface area contributed by atoms with E-state index in [0.717, 1.165) is 11.3 Å². The Kier molecular flexibility index (Phi) is 3.62. The molecule has 0 aromatic carbocycles. The predicted octanol–water partition coefficient (Wildman–Crippen LogP) is 2.22. The lowest BCUT2D eigenvalue weighted by Gasteiger charge is -2.06. The molecule has 2 aromatic heterocycles. The molecule has 0 bridgehead atoms. The van der Waals surface area contributed by atoms with Crippen molar-refractivity contribution in [2.75, 3.05) is 0 Å². The molecule has 18 heavy (non-hydrogen) atoms. The van der Waals surface area contributed by atoms with Crippen LogP contribution in [-0.2, 0) is 13.0 Å². The van der Waals surface area contributed by atoms with Crippen molar-refractivity contribution in [1.82, 2.24) is 4.57 Å². The summed E-state index contributed by atoms with van der Waals surface area (Å²) in [5, 5.41) is 10.9. The largest absolute Gasteiger partial charge is 0.478 e. The first-order valence-electron chi connectivity index (χ1n) is 5.61. The minimum absolute atomic E-state index is 0.129. The van der Waals surface area contributed by atoms with Crippen LogP contribution in [0.4, 0.5) is 0 Å². The molecule has 0 saturated heterocycles. The second-order valence-corrected chi connectivity index (χ2v) is 4.91. The van der Waals surface area contributed by atoms with Crippen LogP contribution in [0.25, 0.3) is 0 Å². The average Bonchev–Trinajstić information content (AvgIpc) is 2.79. The molecule has 0 aliphatic rings. The molecular weight excluding hydrogens is 250 g/mol. The number of thiophene rings is 1. The summed E-state index contributed by atoms with van der Waals surface area (Å²) in [6.07, 6.45) is 2.30. The SMILES string of the molecule is CCc1ccsc1Cn1cc(C(=O)O)ccc1=O. The van der Waals surface area contributed by atoms with E-state index in [0.29, 0.717) is 6.54 Å². The fourth-order valence-corrected chi connectivity index (χ4v) is 2.73. The van der Waals surface area contributed by atoms with Crippen molar-refractivity contribution in [1.29, 1.82) is 0 Å². The van der Waals surface area contributed by atoms with E-state index in [4.69, 9.17) is 5.11 Å². The molecule has 0 aliphatic heterocycles. The summed E-state index contributed by atoms with van der Waals surface area (Å²) in [6.45, 7) is 2.49. The second-order valence-electron chi connectivity index (χ2n) is 3.91. The summed E-state index contributed by atoms with van der Waals surface area (Å²) < 4.78 is 1.44. The van der Waals surface area contributed by atoms with Gasteiger partial charge in [-0.2, -0.15) is 0 Å². The van der Waals surface area contributed by atoms with E-state index >= 15 is 0 Å². The van der Waals surface area contributed by atoms with E-state index in [1.165, 1.54) is 28.5 Å². The molecule has 0 saturated carbocycles. The van der Waals surface area contributed by atoms with E-state index in [2.05, 4.69) is 6.92 Å². The number of carbonyl (C=O) groups is 1. The van der Waals surface area contributed by atoms with Crippen LogP contribution in [0.2, 0.25) is 0 Å². The number of carboxylic acid groups (broad SMARTS) is 1. The first kappa shape index (κ1) is 12.6. The molecule has 2 heterocycles. The Labute approximate surface area is 108 Å². The quantitative estimate of drug-likeness (QED) is 0.920. The first-order valence-corrected chi connectivity index (χ1v) is 6.48. The van der Waals surface area contributed by atoms with Crippen LogP contribution in [0.1, 0.15) is 27.7 Å². The zero-order valence-electron chi connectivity index (χ0n) is 9.92. The lowest BCUT2D eigenvalue weighted by molar-refractivity contribution is 0.0696. The van der Waals surface area contributed by atoms with Crippen LogP contribution in [0.5, 0.6) is 0 Å². The number of pyridine rings is 1. The molecule has 2 rings (SSSR count). The maximum atomic E-state index is 11.7. The van der Waals surface area contributed by atoms with Gasteiger partial charge in [0.05, 0.1) is 12.1 Å². The van der Waals surface area contributed by atoms with Gasteiger partial charge < -0.3 is 9.67 Å². The molecule has 0 amide bonds. The molecule has 0 aliphatic carbocycles. The van der Waals surface area contributed by atoms with Crippen molar-refractivity contribution in [2.24, 2.45) is 0 Å². The topological polar surface area (TPSA) is 59.3 Å². The number of aromatic nitrogens is 1. The number of aryl methyl sites for hydroxylation is 1. The molecule has 1 N–H and O–H groups in total. The maximum absolute atomic E-state index is 11.7. The van der Waals surface area contributed by atoms with E-state index in [1.807, 2.05) is 11.4 Å². The van der Waals surface area contributed by atoms with E-state index < -0.39 is 5.97 Å². The second kappa shape index (κ2) is 5.18. The fraction of sp³-hybridized carbons (Fsp3) is 0.231. The third-order valence-electron chi connectivity index (χ3n) is 2.76. The molecule has 94 valence electrons. The minimum atomic E-state index is -1.02. The molecule has 0 fully saturated rings. The molecule has 0 unspecified atom stereocenters. The molecule has 4 nitrogen and oxygen atoms in total. The fourth-order valence-electron chi connectivity index (χ4n) is 1.76. The van der Waals surface area contributed by atoms with Crippen molar-refractivity contribution >= 4 is 17.3 Å². The highest BCUT2D eigenvalue weighted by Gasteiger charge is 2.08. The van der Waals surface area contributed by atoms with Crippen LogP contribution >= 0.6 is 11.3 Å². The molecular formula is C13H13NO3S. The lowest BCUT2D eigenvalue weighted by atomic mass is 10.2. The zero-order valence-corrected chi connectivity index (χ0v) is 10.7. The Hall–Kier alpha value is -1.88. The highest BCUT2D eigenvalue weighted by Crippen LogP contribution is 2.18. The van der Waals surface area contributed by atoms with Gasteiger partial charge in [0.25, 0.3) is 5.56 Å². The van der Waals surface area contributed by atoms with Gasteiger partial charge in [0, 0.05) is 17.1 Å². The summed E-state index contributed by atoms with van der Waals surface area (Å²) >= 11 is 1.58. The third kappa shape index (κ3) is 2.51. The van der Waals surface area contributed by atoms with Gasteiger partial charge >= 0.3 is 5.97 Å². The van der Waals surface area contributed by atoms with Crippen molar-refractivity contribution in [2.45, 2.75) is 19.9 Å². The van der Waals surface area contributed by atoms with Gasteiger partial charge in [-0.05, 0) is 29.5 Å². The highest BCUT2D eigenvalue weighted by atomic mass is 32.1. The van der Waals surface area contributed by atoms with Crippen molar-refractivity contribution < 1.29 is 9.90 Å². The van der Waals surface area contributed by atoms with E-state index in [-0.39, 0.29) is 11.1 Å². The number of nitrogens with zero attached hydrogens (tertiary/aromatic N) is 1. The standard InChI is InChI=1S/C13H13NO3S/c1-2-9-5-6-18-11(9)8-14-7-10(13(16)17)3-4-12(14)15/h3-7H,2,8H2,1H3,(H,16,17). The van der Waals surface area contributed by atoms with Crippen LogP contribution in [0, 0.1) is 0 Å². The van der Waals surface area contributed by atoms with E-state index in [1.54, 1.807) is 11.3 Å². The number of hydrogen-bond donors (Lipinski definition) is 1. The third-order valence-corrected chi connectivity index (χ3v) is 3.71. The summed E-state index contributed by atoms with van der Waals surface area (Å²) in [7, 11) is 0. The number of hydrogen-bond acceptors (Lipinski definition) is 3. The summed E-state index contributed by atoms with van der Waals surface area (Å²) in [5.74, 6) is -1.02. The first-order chi connectivity index (χ1) is 8.61. The molecule has 2 aromatic rings. The summed E-state index contributed by atoms with van der Waals surface area (Å²) in [4.78, 5) is 23.7. The maximum Gasteiger partial charge on any atom is 0.337 e. The Morgan fingerprint density at radius 3 is 2.83 bits per heavy atom. The van der Waals surface area contributed by atoms with Gasteiger partial charge in [-0.25, -0.2) is 4.79 Å². The number of carboxylic acids is 1. The smallest absolute Gasteiger partial charge is 0.337 e. The average molecular weight is 263 g/mol. The minimum Gasteiger partial charge on any atom is -0.478 e. The molecule has 0 spiro atoms. The van der Waals surface area contributed by atoms with Crippen LogP contribution in [0.15, 0.2) is 34.6 Å². The van der Waals surface area contributed by atoms with Gasteiger partial charge in [-0.15, -0.1) is 11.3 Å². The van der Waals surface area contributed by atoms with Gasteiger partial charge in [0.15, 0.2) is 0 Å². The van der Waals surface area contributed by atoms with Gasteiger partial charge in [-0.3, -0.25) is 4.79 Å². The van der Waals surface area contributed by atoms with Crippen molar-refractivity contribution in [3.63, 3.8) is 0 Å². The van der Waals surface area contributed by atoms with Gasteiger partial charge in [0.1, 0.15) is 0 Å². The molecule has 0 atom stereocenters. The highest BCUT2D eigenvalue weighted by molar-refractivity contribution is 7.10. The molecule has 0 radical (unpaired) electrons. The Bertz CT molecular complexity index is 627. The number of rotatable bonds is 4. The summed E-state index contributed by atoms with van der Waals surface area (Å²) in [6, 6.07) is 4.66. The lowest BCUT2D eigenvalue weighted by Crippen LogP contribution is -2.20. The number of aromatic carboxylic acids is 1. The predicted molar refractivity (Wildman–Crippen MR) is 70.5 cm³/mol.